The van der Waals surface area contributed by atoms with Gasteiger partial charge in [0, 0.05) is 41.6 Å². The van der Waals surface area contributed by atoms with E-state index in [9.17, 15) is 8.42 Å². The second-order valence-corrected chi connectivity index (χ2v) is 9.15. The third-order valence-electron chi connectivity index (χ3n) is 4.84. The summed E-state index contributed by atoms with van der Waals surface area (Å²) in [5.74, 6) is 0.604. The molecule has 0 spiro atoms. The number of halogens is 1. The van der Waals surface area contributed by atoms with Crippen molar-refractivity contribution in [2.75, 3.05) is 17.7 Å². The SMILES string of the molecule is CNc1ccc(CNS(=O)(=O)c2cccc(Nc3nccc4ccc(Cl)cc34)c2)cc1. The fraction of sp³-hybridized carbons (Fsp3) is 0.0870. The predicted octanol–water partition coefficient (Wildman–Crippen LogP) is 5.15. The van der Waals surface area contributed by atoms with E-state index in [0.29, 0.717) is 16.5 Å². The first-order valence-corrected chi connectivity index (χ1v) is 11.5. The van der Waals surface area contributed by atoms with Crippen LogP contribution in [-0.4, -0.2) is 20.4 Å². The molecular formula is C23H21ClN4O2S. The second kappa shape index (κ2) is 8.93. The minimum Gasteiger partial charge on any atom is -0.388 e. The summed E-state index contributed by atoms with van der Waals surface area (Å²) in [6.07, 6.45) is 1.69. The lowest BCUT2D eigenvalue weighted by molar-refractivity contribution is 0.581. The number of nitrogens with one attached hydrogen (secondary N) is 3. The van der Waals surface area contributed by atoms with Gasteiger partial charge in [-0.1, -0.05) is 35.9 Å². The summed E-state index contributed by atoms with van der Waals surface area (Å²) in [6.45, 7) is 0.202. The first-order chi connectivity index (χ1) is 14.9. The van der Waals surface area contributed by atoms with Gasteiger partial charge in [0.05, 0.1) is 4.90 Å². The summed E-state index contributed by atoms with van der Waals surface area (Å²) in [5.41, 5.74) is 2.45. The lowest BCUT2D eigenvalue weighted by Crippen LogP contribution is -2.23. The molecule has 1 aromatic heterocycles. The molecule has 8 heteroatoms. The molecule has 4 aromatic rings. The molecule has 31 heavy (non-hydrogen) atoms. The molecule has 0 unspecified atom stereocenters. The minimum absolute atomic E-state index is 0.169. The largest absolute Gasteiger partial charge is 0.388 e. The molecule has 0 saturated carbocycles. The molecule has 1 heterocycles. The number of sulfonamides is 1. The summed E-state index contributed by atoms with van der Waals surface area (Å²) in [4.78, 5) is 4.55. The quantitative estimate of drug-likeness (QED) is 0.361. The molecular weight excluding hydrogens is 432 g/mol. The van der Waals surface area contributed by atoms with Crippen LogP contribution in [0.5, 0.6) is 0 Å². The Morgan fingerprint density at radius 2 is 1.74 bits per heavy atom. The van der Waals surface area contributed by atoms with E-state index in [4.69, 9.17) is 11.6 Å². The number of anilines is 3. The topological polar surface area (TPSA) is 83.1 Å². The van der Waals surface area contributed by atoms with E-state index in [1.54, 1.807) is 30.5 Å². The average Bonchev–Trinajstić information content (AvgIpc) is 2.79. The number of benzene rings is 3. The highest BCUT2D eigenvalue weighted by Crippen LogP contribution is 2.27. The van der Waals surface area contributed by atoms with Crippen LogP contribution >= 0.6 is 11.6 Å². The molecule has 3 N–H and O–H groups in total. The first kappa shape index (κ1) is 21.1. The third kappa shape index (κ3) is 4.96. The van der Waals surface area contributed by atoms with Gasteiger partial charge in [0.2, 0.25) is 10.0 Å². The van der Waals surface area contributed by atoms with Gasteiger partial charge in [-0.05, 0) is 59.5 Å². The van der Waals surface area contributed by atoms with Crippen LogP contribution in [-0.2, 0) is 16.6 Å². The summed E-state index contributed by atoms with van der Waals surface area (Å²) >= 11 is 6.13. The Balaban J connectivity index is 1.54. The molecule has 0 saturated heterocycles. The predicted molar refractivity (Wildman–Crippen MR) is 126 cm³/mol. The molecule has 158 valence electrons. The number of fused-ring (bicyclic) bond motifs is 1. The first-order valence-electron chi connectivity index (χ1n) is 9.62. The Morgan fingerprint density at radius 3 is 2.52 bits per heavy atom. The number of pyridine rings is 1. The van der Waals surface area contributed by atoms with Gasteiger partial charge < -0.3 is 10.6 Å². The second-order valence-electron chi connectivity index (χ2n) is 6.95. The Kier molecular flexibility index (Phi) is 6.08. The normalized spacial score (nSPS) is 11.4. The van der Waals surface area contributed by atoms with Gasteiger partial charge in [0.1, 0.15) is 5.82 Å². The van der Waals surface area contributed by atoms with E-state index in [0.717, 1.165) is 22.0 Å². The van der Waals surface area contributed by atoms with Crippen molar-refractivity contribution < 1.29 is 8.42 Å². The van der Waals surface area contributed by atoms with E-state index in [-0.39, 0.29) is 11.4 Å². The van der Waals surface area contributed by atoms with E-state index in [1.165, 1.54) is 0 Å². The Hall–Kier alpha value is -3.13. The van der Waals surface area contributed by atoms with Gasteiger partial charge in [-0.15, -0.1) is 0 Å². The van der Waals surface area contributed by atoms with Crippen LogP contribution in [0.25, 0.3) is 10.8 Å². The van der Waals surface area contributed by atoms with Crippen LogP contribution in [0.15, 0.2) is 83.9 Å². The van der Waals surface area contributed by atoms with E-state index < -0.39 is 10.0 Å². The Bertz CT molecular complexity index is 1330. The molecule has 0 atom stereocenters. The summed E-state index contributed by atoms with van der Waals surface area (Å²) in [7, 11) is -1.85. The van der Waals surface area contributed by atoms with Crippen LogP contribution in [0.3, 0.4) is 0 Å². The number of rotatable bonds is 7. The molecule has 3 aromatic carbocycles. The Morgan fingerprint density at radius 1 is 0.935 bits per heavy atom. The van der Waals surface area contributed by atoms with Gasteiger partial charge in [-0.3, -0.25) is 0 Å². The van der Waals surface area contributed by atoms with Gasteiger partial charge in [-0.25, -0.2) is 18.1 Å². The van der Waals surface area contributed by atoms with Crippen LogP contribution in [0.4, 0.5) is 17.2 Å². The van der Waals surface area contributed by atoms with Crippen LogP contribution < -0.4 is 15.4 Å². The van der Waals surface area contributed by atoms with Gasteiger partial charge in [0.15, 0.2) is 0 Å². The smallest absolute Gasteiger partial charge is 0.240 e. The van der Waals surface area contributed by atoms with Crippen molar-refractivity contribution in [1.29, 1.82) is 0 Å². The highest BCUT2D eigenvalue weighted by atomic mass is 35.5. The molecule has 0 fully saturated rings. The van der Waals surface area contributed by atoms with Crippen molar-refractivity contribution in [2.45, 2.75) is 11.4 Å². The summed E-state index contributed by atoms with van der Waals surface area (Å²) < 4.78 is 28.3. The monoisotopic (exact) mass is 452 g/mol. The van der Waals surface area contributed by atoms with Crippen molar-refractivity contribution in [1.82, 2.24) is 9.71 Å². The van der Waals surface area contributed by atoms with Crippen molar-refractivity contribution >= 4 is 49.6 Å². The molecule has 6 nitrogen and oxygen atoms in total. The molecule has 0 aliphatic heterocycles. The zero-order valence-electron chi connectivity index (χ0n) is 16.8. The van der Waals surface area contributed by atoms with E-state index >= 15 is 0 Å². The summed E-state index contributed by atoms with van der Waals surface area (Å²) in [5, 5.41) is 8.68. The van der Waals surface area contributed by atoms with Crippen LogP contribution in [0, 0.1) is 0 Å². The summed E-state index contributed by atoms with van der Waals surface area (Å²) in [6, 6.07) is 21.6. The molecule has 0 aliphatic carbocycles. The van der Waals surface area contributed by atoms with Gasteiger partial charge >= 0.3 is 0 Å². The molecule has 0 radical (unpaired) electrons. The average molecular weight is 453 g/mol. The zero-order valence-corrected chi connectivity index (χ0v) is 18.3. The van der Waals surface area contributed by atoms with Gasteiger partial charge in [-0.2, -0.15) is 0 Å². The highest BCUT2D eigenvalue weighted by molar-refractivity contribution is 7.89. The third-order valence-corrected chi connectivity index (χ3v) is 6.48. The highest BCUT2D eigenvalue weighted by Gasteiger charge is 2.15. The van der Waals surface area contributed by atoms with E-state index in [2.05, 4.69) is 20.3 Å². The van der Waals surface area contributed by atoms with Crippen molar-refractivity contribution in [3.8, 4) is 0 Å². The maximum atomic E-state index is 12.8. The molecule has 0 aliphatic rings. The van der Waals surface area contributed by atoms with E-state index in [1.807, 2.05) is 55.6 Å². The van der Waals surface area contributed by atoms with Crippen molar-refractivity contribution in [3.63, 3.8) is 0 Å². The number of aromatic nitrogens is 1. The number of nitrogens with zero attached hydrogens (tertiary/aromatic N) is 1. The lowest BCUT2D eigenvalue weighted by Gasteiger charge is -2.12. The molecule has 0 amide bonds. The fourth-order valence-corrected chi connectivity index (χ4v) is 4.40. The Labute approximate surface area is 186 Å². The maximum Gasteiger partial charge on any atom is 0.240 e. The van der Waals surface area contributed by atoms with Crippen molar-refractivity contribution in [3.05, 3.63) is 89.6 Å². The standard InChI is InChI=1S/C23H21ClN4O2S/c1-25-19-9-5-16(6-10-19)15-27-31(29,30)21-4-2-3-20(14-21)28-23-22-13-18(24)8-7-17(22)11-12-26-23/h2-14,25,27H,15H2,1H3,(H,26,28). The number of hydrogen-bond acceptors (Lipinski definition) is 5. The minimum atomic E-state index is -3.69. The van der Waals surface area contributed by atoms with Crippen LogP contribution in [0.2, 0.25) is 5.02 Å². The fourth-order valence-electron chi connectivity index (χ4n) is 3.17. The molecule has 4 rings (SSSR count). The van der Waals surface area contributed by atoms with Gasteiger partial charge in [0.25, 0.3) is 0 Å². The van der Waals surface area contributed by atoms with Crippen molar-refractivity contribution in [2.24, 2.45) is 0 Å². The van der Waals surface area contributed by atoms with Crippen LogP contribution in [0.1, 0.15) is 5.56 Å². The number of hydrogen-bond donors (Lipinski definition) is 3. The lowest BCUT2D eigenvalue weighted by atomic mass is 10.1. The maximum absolute atomic E-state index is 12.8. The zero-order chi connectivity index (χ0) is 21.8. The molecule has 0 bridgehead atoms.